The standard InChI is InChI=1S/C21H17ClF3NOS/c1-2-3-7-18-19(13-27-17-6-4-5-16(22)12-17)28-20(26-18)14-8-10-15(11-9-14)21(23,24)25/h2,4-6,8-12H,1,3,7,13H2. The van der Waals surface area contributed by atoms with E-state index in [-0.39, 0.29) is 0 Å². The van der Waals surface area contributed by atoms with Crippen molar-refractivity contribution in [1.29, 1.82) is 0 Å². The van der Waals surface area contributed by atoms with Crippen LogP contribution in [0.5, 0.6) is 5.75 Å². The summed E-state index contributed by atoms with van der Waals surface area (Å²) in [5.41, 5.74) is 0.831. The monoisotopic (exact) mass is 423 g/mol. The number of aromatic nitrogens is 1. The maximum absolute atomic E-state index is 12.8. The highest BCUT2D eigenvalue weighted by molar-refractivity contribution is 7.15. The number of aryl methyl sites for hydroxylation is 1. The highest BCUT2D eigenvalue weighted by atomic mass is 35.5. The SMILES string of the molecule is C=CCCc1nc(-c2ccc(C(F)(F)F)cc2)sc1COc1cccc(Cl)c1. The Bertz CT molecular complexity index is 951. The number of allylic oxidation sites excluding steroid dienone is 1. The number of rotatable bonds is 7. The van der Waals surface area contributed by atoms with Crippen LogP contribution in [0.1, 0.15) is 22.6 Å². The Hall–Kier alpha value is -2.31. The lowest BCUT2D eigenvalue weighted by atomic mass is 10.1. The second-order valence-electron chi connectivity index (χ2n) is 6.04. The smallest absolute Gasteiger partial charge is 0.416 e. The van der Waals surface area contributed by atoms with Gasteiger partial charge in [-0.25, -0.2) is 4.98 Å². The minimum atomic E-state index is -4.35. The highest BCUT2D eigenvalue weighted by Crippen LogP contribution is 2.34. The number of hydrogen-bond donors (Lipinski definition) is 0. The largest absolute Gasteiger partial charge is 0.488 e. The van der Waals surface area contributed by atoms with E-state index in [2.05, 4.69) is 11.6 Å². The van der Waals surface area contributed by atoms with E-state index in [0.29, 0.717) is 34.4 Å². The number of alkyl halides is 3. The molecule has 0 amide bonds. The van der Waals surface area contributed by atoms with Gasteiger partial charge < -0.3 is 4.74 Å². The van der Waals surface area contributed by atoms with Crippen molar-refractivity contribution in [2.45, 2.75) is 25.6 Å². The van der Waals surface area contributed by atoms with E-state index < -0.39 is 11.7 Å². The first-order valence-corrected chi connectivity index (χ1v) is 9.71. The summed E-state index contributed by atoms with van der Waals surface area (Å²) in [6, 6.07) is 12.1. The van der Waals surface area contributed by atoms with Crippen molar-refractivity contribution in [3.05, 3.63) is 82.3 Å². The van der Waals surface area contributed by atoms with E-state index in [1.165, 1.54) is 23.5 Å². The lowest BCUT2D eigenvalue weighted by Gasteiger charge is -2.06. The van der Waals surface area contributed by atoms with Crippen LogP contribution < -0.4 is 4.74 Å². The molecule has 0 aliphatic carbocycles. The summed E-state index contributed by atoms with van der Waals surface area (Å²) in [5, 5.41) is 1.25. The Morgan fingerprint density at radius 3 is 2.54 bits per heavy atom. The zero-order chi connectivity index (χ0) is 20.1. The molecule has 28 heavy (non-hydrogen) atoms. The molecule has 0 fully saturated rings. The fourth-order valence-corrected chi connectivity index (χ4v) is 3.77. The molecule has 1 aromatic heterocycles. The lowest BCUT2D eigenvalue weighted by molar-refractivity contribution is -0.137. The molecule has 0 radical (unpaired) electrons. The van der Waals surface area contributed by atoms with Crippen molar-refractivity contribution in [3.8, 4) is 16.3 Å². The molecular formula is C21H17ClF3NOS. The molecule has 3 aromatic rings. The normalized spacial score (nSPS) is 11.4. The molecule has 0 spiro atoms. The fraction of sp³-hybridized carbons (Fsp3) is 0.190. The van der Waals surface area contributed by atoms with Crippen molar-refractivity contribution in [2.75, 3.05) is 0 Å². The molecule has 0 bridgehead atoms. The van der Waals surface area contributed by atoms with Gasteiger partial charge in [-0.3, -0.25) is 0 Å². The van der Waals surface area contributed by atoms with Crippen molar-refractivity contribution in [3.63, 3.8) is 0 Å². The van der Waals surface area contributed by atoms with Crippen LogP contribution in [0.4, 0.5) is 13.2 Å². The van der Waals surface area contributed by atoms with Crippen LogP contribution in [-0.2, 0) is 19.2 Å². The maximum atomic E-state index is 12.8. The molecule has 146 valence electrons. The van der Waals surface area contributed by atoms with Gasteiger partial charge in [0.2, 0.25) is 0 Å². The summed E-state index contributed by atoms with van der Waals surface area (Å²) < 4.78 is 44.1. The van der Waals surface area contributed by atoms with E-state index in [4.69, 9.17) is 16.3 Å². The summed E-state index contributed by atoms with van der Waals surface area (Å²) in [6.07, 6.45) is -1.11. The summed E-state index contributed by atoms with van der Waals surface area (Å²) in [5.74, 6) is 0.645. The van der Waals surface area contributed by atoms with Gasteiger partial charge in [0.05, 0.1) is 16.1 Å². The molecule has 0 aliphatic rings. The van der Waals surface area contributed by atoms with Gasteiger partial charge in [0.25, 0.3) is 0 Å². The molecule has 0 N–H and O–H groups in total. The van der Waals surface area contributed by atoms with Crippen molar-refractivity contribution in [1.82, 2.24) is 4.98 Å². The number of nitrogens with zero attached hydrogens (tertiary/aromatic N) is 1. The molecular weight excluding hydrogens is 407 g/mol. The topological polar surface area (TPSA) is 22.1 Å². The average molecular weight is 424 g/mol. The Balaban J connectivity index is 1.83. The molecule has 0 aliphatic heterocycles. The average Bonchev–Trinajstić information content (AvgIpc) is 3.07. The number of benzene rings is 2. The molecule has 2 nitrogen and oxygen atoms in total. The van der Waals surface area contributed by atoms with Crippen LogP contribution in [0, 0.1) is 0 Å². The van der Waals surface area contributed by atoms with Gasteiger partial charge in [0.15, 0.2) is 0 Å². The third kappa shape index (κ3) is 5.14. The number of ether oxygens (including phenoxy) is 1. The van der Waals surface area contributed by atoms with E-state index >= 15 is 0 Å². The van der Waals surface area contributed by atoms with E-state index in [1.807, 2.05) is 6.07 Å². The first-order chi connectivity index (χ1) is 13.4. The summed E-state index contributed by atoms with van der Waals surface area (Å²) in [7, 11) is 0. The van der Waals surface area contributed by atoms with Gasteiger partial charge in [-0.1, -0.05) is 35.9 Å². The molecule has 3 rings (SSSR count). The van der Waals surface area contributed by atoms with Gasteiger partial charge in [0, 0.05) is 10.6 Å². The van der Waals surface area contributed by atoms with E-state index in [1.54, 1.807) is 24.3 Å². The quantitative estimate of drug-likeness (QED) is 0.375. The van der Waals surface area contributed by atoms with Crippen LogP contribution in [-0.4, -0.2) is 4.98 Å². The van der Waals surface area contributed by atoms with Gasteiger partial charge in [-0.05, 0) is 43.2 Å². The Labute approximate surface area is 170 Å². The Kier molecular flexibility index (Phi) is 6.42. The van der Waals surface area contributed by atoms with Crippen molar-refractivity contribution >= 4 is 22.9 Å². The molecule has 1 heterocycles. The molecule has 2 aromatic carbocycles. The van der Waals surface area contributed by atoms with Gasteiger partial charge >= 0.3 is 6.18 Å². The molecule has 0 saturated carbocycles. The second kappa shape index (κ2) is 8.80. The van der Waals surface area contributed by atoms with Gasteiger partial charge in [-0.15, -0.1) is 17.9 Å². The second-order valence-corrected chi connectivity index (χ2v) is 7.56. The third-order valence-electron chi connectivity index (χ3n) is 3.99. The zero-order valence-corrected chi connectivity index (χ0v) is 16.4. The fourth-order valence-electron chi connectivity index (χ4n) is 2.56. The highest BCUT2D eigenvalue weighted by Gasteiger charge is 2.30. The van der Waals surface area contributed by atoms with Crippen LogP contribution in [0.3, 0.4) is 0 Å². The molecule has 0 atom stereocenters. The first-order valence-electron chi connectivity index (χ1n) is 8.52. The Morgan fingerprint density at radius 1 is 1.14 bits per heavy atom. The number of thiazole rings is 1. The van der Waals surface area contributed by atoms with Crippen molar-refractivity contribution < 1.29 is 17.9 Å². The molecule has 0 unspecified atom stereocenters. The van der Waals surface area contributed by atoms with Crippen LogP contribution in [0.15, 0.2) is 61.2 Å². The predicted octanol–water partition coefficient (Wildman–Crippen LogP) is 7.18. The molecule has 0 saturated heterocycles. The van der Waals surface area contributed by atoms with Crippen molar-refractivity contribution in [2.24, 2.45) is 0 Å². The van der Waals surface area contributed by atoms with Crippen LogP contribution in [0.25, 0.3) is 10.6 Å². The van der Waals surface area contributed by atoms with E-state index in [0.717, 1.165) is 29.1 Å². The first kappa shape index (κ1) is 20.4. The lowest BCUT2D eigenvalue weighted by Crippen LogP contribution is -2.03. The predicted molar refractivity (Wildman–Crippen MR) is 107 cm³/mol. The number of hydrogen-bond acceptors (Lipinski definition) is 3. The van der Waals surface area contributed by atoms with Crippen LogP contribution in [0.2, 0.25) is 5.02 Å². The van der Waals surface area contributed by atoms with Gasteiger partial charge in [0.1, 0.15) is 17.4 Å². The zero-order valence-electron chi connectivity index (χ0n) is 14.8. The third-order valence-corrected chi connectivity index (χ3v) is 5.34. The van der Waals surface area contributed by atoms with Crippen LogP contribution >= 0.6 is 22.9 Å². The summed E-state index contributed by atoms with van der Waals surface area (Å²) >= 11 is 7.39. The van der Waals surface area contributed by atoms with E-state index in [9.17, 15) is 13.2 Å². The number of halogens is 4. The van der Waals surface area contributed by atoms with Gasteiger partial charge in [-0.2, -0.15) is 13.2 Å². The minimum Gasteiger partial charge on any atom is -0.488 e. The Morgan fingerprint density at radius 2 is 1.89 bits per heavy atom. The summed E-state index contributed by atoms with van der Waals surface area (Å²) in [6.45, 7) is 4.04. The maximum Gasteiger partial charge on any atom is 0.416 e. The summed E-state index contributed by atoms with van der Waals surface area (Å²) in [4.78, 5) is 5.55. The minimum absolute atomic E-state index is 0.311. The molecule has 7 heteroatoms.